The van der Waals surface area contributed by atoms with Crippen molar-refractivity contribution >= 4 is 11.3 Å². The lowest BCUT2D eigenvalue weighted by Crippen LogP contribution is -2.43. The summed E-state index contributed by atoms with van der Waals surface area (Å²) < 4.78 is 0. The Morgan fingerprint density at radius 3 is 2.44 bits per heavy atom. The number of thiazole rings is 1. The highest BCUT2D eigenvalue weighted by Crippen LogP contribution is 2.27. The van der Waals surface area contributed by atoms with Gasteiger partial charge in [0.05, 0.1) is 5.51 Å². The Morgan fingerprint density at radius 2 is 2.00 bits per heavy atom. The van der Waals surface area contributed by atoms with Crippen LogP contribution in [0.2, 0.25) is 0 Å². The van der Waals surface area contributed by atoms with Gasteiger partial charge in [-0.05, 0) is 39.0 Å². The van der Waals surface area contributed by atoms with Crippen LogP contribution in [-0.2, 0) is 6.42 Å². The zero-order valence-corrected chi connectivity index (χ0v) is 11.9. The second kappa shape index (κ2) is 5.28. The van der Waals surface area contributed by atoms with Crippen molar-refractivity contribution in [2.75, 3.05) is 6.54 Å². The summed E-state index contributed by atoms with van der Waals surface area (Å²) in [7, 11) is 0. The van der Waals surface area contributed by atoms with Crippen LogP contribution in [0.3, 0.4) is 0 Å². The van der Waals surface area contributed by atoms with Crippen molar-refractivity contribution in [3.63, 3.8) is 0 Å². The Morgan fingerprint density at radius 1 is 1.31 bits per heavy atom. The van der Waals surface area contributed by atoms with E-state index < -0.39 is 0 Å². The number of aromatic nitrogens is 1. The molecule has 0 aromatic carbocycles. The zero-order chi connectivity index (χ0) is 12.2. The van der Waals surface area contributed by atoms with E-state index in [9.17, 15) is 0 Å². The topological polar surface area (TPSA) is 24.9 Å². The van der Waals surface area contributed by atoms with E-state index in [-0.39, 0.29) is 5.54 Å². The number of nitrogens with one attached hydrogen (secondary N) is 1. The molecule has 1 heterocycles. The third kappa shape index (κ3) is 4.62. The summed E-state index contributed by atoms with van der Waals surface area (Å²) in [4.78, 5) is 5.54. The molecule has 1 rings (SSSR count). The second-order valence-electron chi connectivity index (χ2n) is 5.91. The molecule has 0 fully saturated rings. The van der Waals surface area contributed by atoms with Gasteiger partial charge in [0.25, 0.3) is 0 Å². The number of nitrogens with zero attached hydrogens (tertiary/aromatic N) is 1. The van der Waals surface area contributed by atoms with Crippen molar-refractivity contribution < 1.29 is 0 Å². The molecule has 1 unspecified atom stereocenters. The van der Waals surface area contributed by atoms with Crippen LogP contribution < -0.4 is 5.32 Å². The zero-order valence-electron chi connectivity index (χ0n) is 11.1. The smallest absolute Gasteiger partial charge is 0.0794 e. The van der Waals surface area contributed by atoms with Gasteiger partial charge in [-0.2, -0.15) is 0 Å². The van der Waals surface area contributed by atoms with Crippen LogP contribution in [0, 0.1) is 5.41 Å². The van der Waals surface area contributed by atoms with Gasteiger partial charge in [-0.1, -0.05) is 13.8 Å². The van der Waals surface area contributed by atoms with Crippen molar-refractivity contribution in [1.82, 2.24) is 10.3 Å². The van der Waals surface area contributed by atoms with Gasteiger partial charge in [0, 0.05) is 23.2 Å². The lowest BCUT2D eigenvalue weighted by molar-refractivity contribution is 0.256. The predicted molar refractivity (Wildman–Crippen MR) is 72.0 cm³/mol. The van der Waals surface area contributed by atoms with Gasteiger partial charge in [0.15, 0.2) is 0 Å². The molecule has 0 aliphatic heterocycles. The highest BCUT2D eigenvalue weighted by atomic mass is 32.1. The van der Waals surface area contributed by atoms with Crippen LogP contribution in [0.25, 0.3) is 0 Å². The van der Waals surface area contributed by atoms with Crippen LogP contribution in [0.1, 0.15) is 45.9 Å². The van der Waals surface area contributed by atoms with Crippen molar-refractivity contribution in [3.8, 4) is 0 Å². The average molecular weight is 240 g/mol. The normalized spacial score (nSPS) is 16.1. The highest BCUT2D eigenvalue weighted by Gasteiger charge is 2.25. The number of hydrogen-bond donors (Lipinski definition) is 1. The minimum absolute atomic E-state index is 0.199. The maximum atomic E-state index is 4.15. The SMILES string of the molecule is CCC(C)(CNC(C)(C)C)Cc1cncs1. The lowest BCUT2D eigenvalue weighted by atomic mass is 9.83. The molecular formula is C13H24N2S. The van der Waals surface area contributed by atoms with Crippen LogP contribution in [0.5, 0.6) is 0 Å². The molecule has 1 aromatic rings. The van der Waals surface area contributed by atoms with E-state index in [1.165, 1.54) is 11.3 Å². The minimum atomic E-state index is 0.199. The van der Waals surface area contributed by atoms with Gasteiger partial charge in [-0.25, -0.2) is 0 Å². The summed E-state index contributed by atoms with van der Waals surface area (Å²) in [5.74, 6) is 0. The van der Waals surface area contributed by atoms with Crippen molar-refractivity contribution in [3.05, 3.63) is 16.6 Å². The Labute approximate surface area is 103 Å². The highest BCUT2D eigenvalue weighted by molar-refractivity contribution is 7.09. The number of rotatable bonds is 5. The van der Waals surface area contributed by atoms with E-state index in [1.54, 1.807) is 11.3 Å². The summed E-state index contributed by atoms with van der Waals surface area (Å²) in [5, 5.41) is 3.61. The molecule has 1 aromatic heterocycles. The van der Waals surface area contributed by atoms with Gasteiger partial charge < -0.3 is 5.32 Å². The third-order valence-electron chi connectivity index (χ3n) is 2.98. The van der Waals surface area contributed by atoms with Gasteiger partial charge in [0.1, 0.15) is 0 Å². The molecule has 0 saturated carbocycles. The van der Waals surface area contributed by atoms with Crippen LogP contribution in [0.4, 0.5) is 0 Å². The van der Waals surface area contributed by atoms with Crippen molar-refractivity contribution in [2.24, 2.45) is 5.41 Å². The summed E-state index contributed by atoms with van der Waals surface area (Å²) in [6.45, 7) is 12.3. The van der Waals surface area contributed by atoms with E-state index in [0.29, 0.717) is 5.41 Å². The fourth-order valence-corrected chi connectivity index (χ4v) is 2.35. The van der Waals surface area contributed by atoms with E-state index in [0.717, 1.165) is 13.0 Å². The van der Waals surface area contributed by atoms with Crippen LogP contribution >= 0.6 is 11.3 Å². The summed E-state index contributed by atoms with van der Waals surface area (Å²) in [5.41, 5.74) is 2.45. The molecule has 0 spiro atoms. The first kappa shape index (κ1) is 13.7. The molecule has 0 aliphatic rings. The average Bonchev–Trinajstić information content (AvgIpc) is 2.66. The summed E-state index contributed by atoms with van der Waals surface area (Å²) in [6.07, 6.45) is 4.31. The molecule has 92 valence electrons. The Hall–Kier alpha value is -0.410. The molecule has 0 saturated heterocycles. The fourth-order valence-electron chi connectivity index (χ4n) is 1.54. The Balaban J connectivity index is 2.56. The maximum absolute atomic E-state index is 4.15. The molecule has 2 nitrogen and oxygen atoms in total. The van der Waals surface area contributed by atoms with E-state index >= 15 is 0 Å². The lowest BCUT2D eigenvalue weighted by Gasteiger charge is -2.32. The molecule has 0 radical (unpaired) electrons. The molecule has 1 N–H and O–H groups in total. The van der Waals surface area contributed by atoms with Gasteiger partial charge in [-0.3, -0.25) is 4.98 Å². The molecule has 16 heavy (non-hydrogen) atoms. The largest absolute Gasteiger partial charge is 0.312 e. The van der Waals surface area contributed by atoms with Crippen LogP contribution in [0.15, 0.2) is 11.7 Å². The predicted octanol–water partition coefficient (Wildman–Crippen LogP) is 3.49. The van der Waals surface area contributed by atoms with Crippen molar-refractivity contribution in [1.29, 1.82) is 0 Å². The second-order valence-corrected chi connectivity index (χ2v) is 6.88. The molecule has 0 bridgehead atoms. The molecule has 1 atom stereocenters. The standard InChI is InChI=1S/C13H24N2S/c1-6-13(5,9-15-12(2,3)4)7-11-8-14-10-16-11/h8,10,15H,6-7,9H2,1-5H3. The van der Waals surface area contributed by atoms with E-state index in [4.69, 9.17) is 0 Å². The first-order chi connectivity index (χ1) is 7.35. The maximum Gasteiger partial charge on any atom is 0.0794 e. The first-order valence-corrected chi connectivity index (χ1v) is 6.85. The summed E-state index contributed by atoms with van der Waals surface area (Å²) >= 11 is 1.76. The Kier molecular flexibility index (Phi) is 4.51. The van der Waals surface area contributed by atoms with Crippen LogP contribution in [-0.4, -0.2) is 17.1 Å². The summed E-state index contributed by atoms with van der Waals surface area (Å²) in [6, 6.07) is 0. The van der Waals surface area contributed by atoms with Gasteiger partial charge in [0.2, 0.25) is 0 Å². The molecule has 0 aliphatic carbocycles. The van der Waals surface area contributed by atoms with Gasteiger partial charge >= 0.3 is 0 Å². The van der Waals surface area contributed by atoms with Crippen molar-refractivity contribution in [2.45, 2.75) is 53.0 Å². The number of hydrogen-bond acceptors (Lipinski definition) is 3. The molecule has 3 heteroatoms. The fraction of sp³-hybridized carbons (Fsp3) is 0.769. The van der Waals surface area contributed by atoms with E-state index in [2.05, 4.69) is 44.9 Å². The van der Waals surface area contributed by atoms with E-state index in [1.807, 2.05) is 11.7 Å². The quantitative estimate of drug-likeness (QED) is 0.852. The Bertz CT molecular complexity index is 300. The first-order valence-electron chi connectivity index (χ1n) is 5.97. The minimum Gasteiger partial charge on any atom is -0.312 e. The molecular weight excluding hydrogens is 216 g/mol. The monoisotopic (exact) mass is 240 g/mol. The molecule has 0 amide bonds. The van der Waals surface area contributed by atoms with Gasteiger partial charge in [-0.15, -0.1) is 11.3 Å². The third-order valence-corrected chi connectivity index (χ3v) is 3.76.